The van der Waals surface area contributed by atoms with E-state index in [-0.39, 0.29) is 5.88 Å². The van der Waals surface area contributed by atoms with Crippen molar-refractivity contribution in [2.75, 3.05) is 0 Å². The first-order valence-corrected chi connectivity index (χ1v) is 4.81. The molecule has 0 bridgehead atoms. The lowest BCUT2D eigenvalue weighted by molar-refractivity contribution is 0.455. The fraction of sp³-hybridized carbons (Fsp3) is 0.0909. The van der Waals surface area contributed by atoms with E-state index in [1.807, 2.05) is 30.3 Å². The highest BCUT2D eigenvalue weighted by Gasteiger charge is 2.00. The monoisotopic (exact) mass is 217 g/mol. The standard InChI is InChI=1S/C11H11N3O2/c15-10-9(13-11(16)14-10)7-12-6-8-4-2-1-3-5-8/h1-5,7,15H,6H2,(H2,13,14,16). The molecule has 0 aliphatic rings. The van der Waals surface area contributed by atoms with Crippen molar-refractivity contribution in [2.24, 2.45) is 4.99 Å². The lowest BCUT2D eigenvalue weighted by Gasteiger charge is -1.93. The van der Waals surface area contributed by atoms with Gasteiger partial charge in [-0.3, -0.25) is 9.98 Å². The van der Waals surface area contributed by atoms with Crippen LogP contribution in [-0.2, 0) is 6.54 Å². The van der Waals surface area contributed by atoms with E-state index in [9.17, 15) is 9.90 Å². The minimum absolute atomic E-state index is 0.193. The van der Waals surface area contributed by atoms with E-state index >= 15 is 0 Å². The molecule has 1 aromatic carbocycles. The number of nitrogens with one attached hydrogen (secondary N) is 2. The number of rotatable bonds is 3. The molecule has 5 nitrogen and oxygen atoms in total. The van der Waals surface area contributed by atoms with Crippen LogP contribution in [0.1, 0.15) is 11.3 Å². The van der Waals surface area contributed by atoms with Crippen molar-refractivity contribution in [3.63, 3.8) is 0 Å². The number of aliphatic imine (C=N–C) groups is 1. The van der Waals surface area contributed by atoms with E-state index in [1.54, 1.807) is 0 Å². The zero-order chi connectivity index (χ0) is 11.4. The summed E-state index contributed by atoms with van der Waals surface area (Å²) >= 11 is 0. The molecule has 2 aromatic rings. The van der Waals surface area contributed by atoms with Crippen LogP contribution in [0.4, 0.5) is 0 Å². The van der Waals surface area contributed by atoms with Crippen molar-refractivity contribution in [1.29, 1.82) is 0 Å². The molecule has 1 aromatic heterocycles. The maximum atomic E-state index is 10.8. The van der Waals surface area contributed by atoms with E-state index in [0.717, 1.165) is 5.56 Å². The van der Waals surface area contributed by atoms with Crippen molar-refractivity contribution in [3.05, 3.63) is 52.1 Å². The van der Waals surface area contributed by atoms with Crippen molar-refractivity contribution in [2.45, 2.75) is 6.54 Å². The van der Waals surface area contributed by atoms with E-state index in [0.29, 0.717) is 12.2 Å². The number of hydrogen-bond acceptors (Lipinski definition) is 3. The van der Waals surface area contributed by atoms with E-state index in [1.165, 1.54) is 6.21 Å². The Labute approximate surface area is 91.5 Å². The molecule has 0 saturated heterocycles. The first-order valence-electron chi connectivity index (χ1n) is 4.81. The number of nitrogens with zero attached hydrogens (tertiary/aromatic N) is 1. The Balaban J connectivity index is 2.06. The van der Waals surface area contributed by atoms with Gasteiger partial charge in [-0.25, -0.2) is 4.79 Å². The number of aromatic nitrogens is 2. The molecule has 5 heteroatoms. The Morgan fingerprint density at radius 2 is 2.00 bits per heavy atom. The van der Waals surface area contributed by atoms with Crippen LogP contribution in [0.5, 0.6) is 5.88 Å². The van der Waals surface area contributed by atoms with Gasteiger partial charge in [0.15, 0.2) is 0 Å². The number of H-pyrrole nitrogens is 2. The molecule has 0 amide bonds. The zero-order valence-corrected chi connectivity index (χ0v) is 8.47. The smallest absolute Gasteiger partial charge is 0.326 e. The Morgan fingerprint density at radius 3 is 2.62 bits per heavy atom. The Bertz CT molecular complexity index is 540. The summed E-state index contributed by atoms with van der Waals surface area (Å²) < 4.78 is 0. The van der Waals surface area contributed by atoms with Crippen LogP contribution >= 0.6 is 0 Å². The highest BCUT2D eigenvalue weighted by Crippen LogP contribution is 2.05. The molecule has 1 heterocycles. The summed E-state index contributed by atoms with van der Waals surface area (Å²) in [5, 5.41) is 9.25. The molecule has 3 N–H and O–H groups in total. The number of benzene rings is 1. The number of imidazole rings is 1. The van der Waals surface area contributed by atoms with Crippen LogP contribution in [0, 0.1) is 0 Å². The second-order valence-corrected chi connectivity index (χ2v) is 3.30. The molecule has 0 aliphatic carbocycles. The van der Waals surface area contributed by atoms with E-state index in [4.69, 9.17) is 0 Å². The van der Waals surface area contributed by atoms with Gasteiger partial charge < -0.3 is 10.1 Å². The summed E-state index contributed by atoms with van der Waals surface area (Å²) in [6, 6.07) is 9.71. The van der Waals surface area contributed by atoms with Crippen LogP contribution in [0.15, 0.2) is 40.1 Å². The second kappa shape index (κ2) is 4.48. The van der Waals surface area contributed by atoms with Gasteiger partial charge in [-0.05, 0) is 5.56 Å². The summed E-state index contributed by atoms with van der Waals surface area (Å²) in [7, 11) is 0. The Hall–Kier alpha value is -2.30. The van der Waals surface area contributed by atoms with E-state index in [2.05, 4.69) is 15.0 Å². The maximum absolute atomic E-state index is 10.8. The van der Waals surface area contributed by atoms with Gasteiger partial charge in [0.25, 0.3) is 0 Å². The molecule has 0 atom stereocenters. The Kier molecular flexibility index (Phi) is 2.86. The van der Waals surface area contributed by atoms with E-state index < -0.39 is 5.69 Å². The highest BCUT2D eigenvalue weighted by atomic mass is 16.3. The van der Waals surface area contributed by atoms with Crippen LogP contribution in [0.2, 0.25) is 0 Å². The topological polar surface area (TPSA) is 81.2 Å². The van der Waals surface area contributed by atoms with Crippen molar-refractivity contribution < 1.29 is 5.11 Å². The van der Waals surface area contributed by atoms with Crippen LogP contribution in [0.3, 0.4) is 0 Å². The summed E-state index contributed by atoms with van der Waals surface area (Å²) in [4.78, 5) is 19.6. The average molecular weight is 217 g/mol. The predicted molar refractivity (Wildman–Crippen MR) is 60.8 cm³/mol. The van der Waals surface area contributed by atoms with Crippen LogP contribution < -0.4 is 5.69 Å². The van der Waals surface area contributed by atoms with Gasteiger partial charge in [0.05, 0.1) is 12.8 Å². The second-order valence-electron chi connectivity index (χ2n) is 3.30. The average Bonchev–Trinajstić information content (AvgIpc) is 2.59. The van der Waals surface area contributed by atoms with Crippen molar-refractivity contribution in [3.8, 4) is 5.88 Å². The van der Waals surface area contributed by atoms with Gasteiger partial charge in [-0.1, -0.05) is 30.3 Å². The molecule has 0 fully saturated rings. The molecule has 0 aliphatic heterocycles. The Morgan fingerprint density at radius 1 is 1.25 bits per heavy atom. The van der Waals surface area contributed by atoms with Gasteiger partial charge in [0.1, 0.15) is 5.69 Å². The first-order chi connectivity index (χ1) is 7.75. The lowest BCUT2D eigenvalue weighted by atomic mass is 10.2. The highest BCUT2D eigenvalue weighted by molar-refractivity contribution is 5.79. The largest absolute Gasteiger partial charge is 0.493 e. The van der Waals surface area contributed by atoms with Gasteiger partial charge in [0.2, 0.25) is 5.88 Å². The number of aromatic hydroxyl groups is 1. The first kappa shape index (κ1) is 10.2. The molecule has 0 radical (unpaired) electrons. The number of hydrogen-bond donors (Lipinski definition) is 3. The minimum Gasteiger partial charge on any atom is -0.493 e. The zero-order valence-electron chi connectivity index (χ0n) is 8.47. The van der Waals surface area contributed by atoms with Gasteiger partial charge in [0, 0.05) is 0 Å². The molecule has 0 saturated carbocycles. The van der Waals surface area contributed by atoms with Crippen LogP contribution in [0.25, 0.3) is 0 Å². The fourth-order valence-electron chi connectivity index (χ4n) is 1.31. The molecule has 0 unspecified atom stereocenters. The number of aromatic amines is 2. The third kappa shape index (κ3) is 2.38. The summed E-state index contributed by atoms with van der Waals surface area (Å²) in [6.45, 7) is 0.507. The molecule has 16 heavy (non-hydrogen) atoms. The minimum atomic E-state index is -0.446. The SMILES string of the molecule is O=c1[nH]c(O)c(C=NCc2ccccc2)[nH]1. The third-order valence-corrected chi connectivity index (χ3v) is 2.07. The normalized spacial score (nSPS) is 11.0. The molecule has 2 rings (SSSR count). The molecular weight excluding hydrogens is 206 g/mol. The third-order valence-electron chi connectivity index (χ3n) is 2.07. The summed E-state index contributed by atoms with van der Waals surface area (Å²) in [6.07, 6.45) is 1.43. The molecule has 0 spiro atoms. The van der Waals surface area contributed by atoms with Crippen LogP contribution in [-0.4, -0.2) is 21.3 Å². The van der Waals surface area contributed by atoms with Crippen molar-refractivity contribution in [1.82, 2.24) is 9.97 Å². The summed E-state index contributed by atoms with van der Waals surface area (Å²) in [5.41, 5.74) is 0.913. The van der Waals surface area contributed by atoms with Gasteiger partial charge >= 0.3 is 5.69 Å². The maximum Gasteiger partial charge on any atom is 0.326 e. The summed E-state index contributed by atoms with van der Waals surface area (Å²) in [5.74, 6) is -0.193. The van der Waals surface area contributed by atoms with Crippen molar-refractivity contribution >= 4 is 6.21 Å². The predicted octanol–water partition coefficient (Wildman–Crippen LogP) is 1.03. The quantitative estimate of drug-likeness (QED) is 0.671. The van der Waals surface area contributed by atoms with Gasteiger partial charge in [-0.15, -0.1) is 0 Å². The fourth-order valence-corrected chi connectivity index (χ4v) is 1.31. The van der Waals surface area contributed by atoms with Gasteiger partial charge in [-0.2, -0.15) is 0 Å². The molecular formula is C11H11N3O2. The lowest BCUT2D eigenvalue weighted by Crippen LogP contribution is -2.00. The molecule has 82 valence electrons.